The molecule has 5 aliphatic rings. The predicted molar refractivity (Wildman–Crippen MR) is 278 cm³/mol. The van der Waals surface area contributed by atoms with E-state index in [0.717, 1.165) is 56.7 Å². The number of esters is 1. The van der Waals surface area contributed by atoms with Crippen molar-refractivity contribution in [3.63, 3.8) is 0 Å². The van der Waals surface area contributed by atoms with Gasteiger partial charge >= 0.3 is 5.97 Å². The van der Waals surface area contributed by atoms with Gasteiger partial charge in [0.25, 0.3) is 11.8 Å². The Morgan fingerprint density at radius 1 is 1.00 bits per heavy atom. The van der Waals surface area contributed by atoms with E-state index < -0.39 is 40.7 Å². The number of pyridine rings is 1. The lowest BCUT2D eigenvalue weighted by atomic mass is 9.76. The van der Waals surface area contributed by atoms with E-state index in [9.17, 15) is 24.0 Å². The molecule has 6 bridgehead atoms. The van der Waals surface area contributed by atoms with Gasteiger partial charge in [-0.05, 0) is 118 Å². The molecule has 1 unspecified atom stereocenters. The number of carbonyl (C=O) groups excluding carboxylic acids is 5. The van der Waals surface area contributed by atoms with Crippen LogP contribution in [0.2, 0.25) is 0 Å². The zero-order chi connectivity index (χ0) is 51.8. The SMILES string of the molecule is CCn1c(-c2cccnc2[C@H](C)OC)c2c3cc(ccc31)-c1cccc(c1)C[C@H](NC(=O)[C@H](C(C)C)C1CC[C@@]3(CCN(C(=O)C#C[C@H]4COCCN4C)C3)C1=O)C(=O)N1CCC[C@H](N1)C(=O)OCC(C)(C)C2. The number of ketones is 1. The number of likely N-dealkylation sites (tertiary alicyclic amines) is 1. The van der Waals surface area contributed by atoms with Gasteiger partial charge in [-0.15, -0.1) is 0 Å². The highest BCUT2D eigenvalue weighted by atomic mass is 16.5. The quantitative estimate of drug-likeness (QED) is 0.145. The topological polar surface area (TPSA) is 165 Å². The number of amides is 3. The fourth-order valence-corrected chi connectivity index (χ4v) is 12.1. The average Bonchev–Trinajstić information content (AvgIpc) is 4.06. The van der Waals surface area contributed by atoms with Crippen molar-refractivity contribution in [3.05, 3.63) is 77.6 Å². The molecule has 388 valence electrons. The number of nitrogens with zero attached hydrogens (tertiary/aromatic N) is 5. The largest absolute Gasteiger partial charge is 0.464 e. The van der Waals surface area contributed by atoms with Gasteiger partial charge in [-0.25, -0.2) is 5.43 Å². The number of methoxy groups -OCH3 is 1. The Labute approximate surface area is 430 Å². The third-order valence-corrected chi connectivity index (χ3v) is 16.3. The van der Waals surface area contributed by atoms with Gasteiger partial charge in [0.05, 0.1) is 43.4 Å². The normalized spacial score (nSPS) is 25.6. The zero-order valence-electron chi connectivity index (χ0n) is 43.9. The highest BCUT2D eigenvalue weighted by Crippen LogP contribution is 2.49. The number of hydrazine groups is 1. The number of morpholine rings is 1. The summed E-state index contributed by atoms with van der Waals surface area (Å²) in [6.45, 7) is 16.0. The monoisotopic (exact) mass is 996 g/mol. The van der Waals surface area contributed by atoms with E-state index in [2.05, 4.69) is 89.2 Å². The second-order valence-corrected chi connectivity index (χ2v) is 22.2. The second kappa shape index (κ2) is 21.5. The van der Waals surface area contributed by atoms with Crippen LogP contribution in [-0.4, -0.2) is 132 Å². The third-order valence-electron chi connectivity index (χ3n) is 16.3. The van der Waals surface area contributed by atoms with Crippen molar-refractivity contribution in [1.82, 2.24) is 35.1 Å². The lowest BCUT2D eigenvalue weighted by Gasteiger charge is -2.36. The summed E-state index contributed by atoms with van der Waals surface area (Å²) in [7, 11) is 3.66. The fraction of sp³-hybridized carbons (Fsp3) is 0.552. The van der Waals surface area contributed by atoms with E-state index in [4.69, 9.17) is 19.2 Å². The summed E-state index contributed by atoms with van der Waals surface area (Å²) < 4.78 is 19.9. The number of fused-ring (bicyclic) bond motifs is 6. The fourth-order valence-electron chi connectivity index (χ4n) is 12.1. The molecule has 15 nitrogen and oxygen atoms in total. The van der Waals surface area contributed by atoms with Crippen LogP contribution in [0, 0.1) is 40.4 Å². The first-order valence-electron chi connectivity index (χ1n) is 26.4. The molecule has 1 aliphatic carbocycles. The smallest absolute Gasteiger partial charge is 0.324 e. The number of rotatable bonds is 8. The number of aryl methyl sites for hydroxylation is 1. The summed E-state index contributed by atoms with van der Waals surface area (Å²) in [6.07, 6.45) is 4.93. The number of carbonyl (C=O) groups is 5. The molecule has 3 saturated heterocycles. The summed E-state index contributed by atoms with van der Waals surface area (Å²) in [5, 5.41) is 5.72. The number of Topliss-reactive ketones (excluding diaryl/α,β-unsaturated/α-hetero) is 1. The predicted octanol–water partition coefficient (Wildman–Crippen LogP) is 6.55. The number of nitrogens with one attached hydrogen (secondary N) is 2. The Kier molecular flexibility index (Phi) is 15.3. The molecule has 2 aromatic carbocycles. The molecule has 73 heavy (non-hydrogen) atoms. The Morgan fingerprint density at radius 2 is 1.81 bits per heavy atom. The maximum Gasteiger partial charge on any atom is 0.324 e. The second-order valence-electron chi connectivity index (χ2n) is 22.2. The highest BCUT2D eigenvalue weighted by Gasteiger charge is 2.55. The van der Waals surface area contributed by atoms with Gasteiger partial charge in [0.1, 0.15) is 17.9 Å². The minimum Gasteiger partial charge on any atom is -0.464 e. The molecule has 6 heterocycles. The molecule has 7 atom stereocenters. The van der Waals surface area contributed by atoms with E-state index in [1.54, 1.807) is 18.2 Å². The summed E-state index contributed by atoms with van der Waals surface area (Å²) >= 11 is 0. The number of hydrogen-bond donors (Lipinski definition) is 2. The van der Waals surface area contributed by atoms with Crippen LogP contribution < -0.4 is 10.7 Å². The molecule has 9 rings (SSSR count). The van der Waals surface area contributed by atoms with E-state index in [0.29, 0.717) is 71.4 Å². The van der Waals surface area contributed by atoms with Crippen LogP contribution in [0.1, 0.15) is 96.6 Å². The van der Waals surface area contributed by atoms with Crippen LogP contribution in [0.4, 0.5) is 0 Å². The van der Waals surface area contributed by atoms with Gasteiger partial charge in [-0.1, -0.05) is 63.9 Å². The van der Waals surface area contributed by atoms with Crippen molar-refractivity contribution >= 4 is 40.4 Å². The van der Waals surface area contributed by atoms with Gasteiger partial charge in [-0.2, -0.15) is 0 Å². The third kappa shape index (κ3) is 10.6. The molecule has 3 amide bonds. The molecule has 4 fully saturated rings. The van der Waals surface area contributed by atoms with Crippen LogP contribution in [0.5, 0.6) is 0 Å². The number of cyclic esters (lactones) is 1. The lowest BCUT2D eigenvalue weighted by molar-refractivity contribution is -0.155. The van der Waals surface area contributed by atoms with Gasteiger partial charge in [-0.3, -0.25) is 38.9 Å². The van der Waals surface area contributed by atoms with Crippen LogP contribution >= 0.6 is 0 Å². The van der Waals surface area contributed by atoms with E-state index in [1.165, 1.54) is 5.01 Å². The molecule has 4 aliphatic heterocycles. The Hall–Kier alpha value is -5.92. The summed E-state index contributed by atoms with van der Waals surface area (Å²) in [5.41, 5.74) is 9.81. The van der Waals surface area contributed by atoms with Crippen LogP contribution in [0.25, 0.3) is 33.3 Å². The van der Waals surface area contributed by atoms with Crippen molar-refractivity contribution < 1.29 is 38.2 Å². The first-order valence-corrected chi connectivity index (χ1v) is 26.4. The van der Waals surface area contributed by atoms with Gasteiger partial charge in [0, 0.05) is 91.6 Å². The highest BCUT2D eigenvalue weighted by molar-refractivity contribution is 5.99. The van der Waals surface area contributed by atoms with E-state index in [-0.39, 0.29) is 61.1 Å². The first-order chi connectivity index (χ1) is 35.0. The molecule has 0 radical (unpaired) electrons. The molecular formula is C58H73N7O8. The van der Waals surface area contributed by atoms with Crippen molar-refractivity contribution in [3.8, 4) is 34.2 Å². The maximum atomic E-state index is 14.9. The van der Waals surface area contributed by atoms with Crippen LogP contribution in [-0.2, 0) is 57.6 Å². The van der Waals surface area contributed by atoms with Gasteiger partial charge in [0.15, 0.2) is 0 Å². The van der Waals surface area contributed by atoms with Crippen molar-refractivity contribution in [2.75, 3.05) is 60.2 Å². The maximum absolute atomic E-state index is 14.9. The standard InChI is InChI=1S/C58H73N7O8/c1-9-64-48-19-17-40-31-44(48)45(52(64)43-15-11-24-59-51(43)37(4)71-8)32-57(5,6)35-73-56(70)46-16-12-25-65(61-46)55(69)47(30-38-13-10-14-39(40)29-38)60-54(68)50(36(2)3)42-21-22-58(53(42)67)23-26-63(34-58)49(66)20-18-41-33-72-28-27-62(41)7/h10-11,13-15,17,19,24,29,31,36-37,41-42,46-47,50,61H,9,12,16,21-23,25-28,30,32-35H2,1-8H3,(H,60,68)/t37-,41-,42?,46-,47-,50+,58-/m0/s1. The Bertz CT molecular complexity index is 2830. The van der Waals surface area contributed by atoms with E-state index in [1.807, 2.05) is 46.0 Å². The van der Waals surface area contributed by atoms with Crippen LogP contribution in [0.15, 0.2) is 60.8 Å². The van der Waals surface area contributed by atoms with Crippen molar-refractivity contribution in [2.24, 2.45) is 28.6 Å². The minimum absolute atomic E-state index is 0.00271. The molecule has 2 N–H and O–H groups in total. The number of benzene rings is 2. The summed E-state index contributed by atoms with van der Waals surface area (Å²) in [4.78, 5) is 80.5. The van der Waals surface area contributed by atoms with E-state index >= 15 is 0 Å². The minimum atomic E-state index is -1.03. The molecular weight excluding hydrogens is 923 g/mol. The van der Waals surface area contributed by atoms with Crippen molar-refractivity contribution in [2.45, 2.75) is 117 Å². The number of aromatic nitrogens is 2. The molecule has 15 heteroatoms. The Morgan fingerprint density at radius 3 is 2.58 bits per heavy atom. The van der Waals surface area contributed by atoms with Gasteiger partial charge in [0.2, 0.25) is 5.91 Å². The molecule has 2 aromatic heterocycles. The first kappa shape index (κ1) is 52.0. The van der Waals surface area contributed by atoms with Gasteiger partial charge < -0.3 is 29.0 Å². The Balaban J connectivity index is 1.03. The number of ether oxygens (including phenoxy) is 3. The average molecular weight is 996 g/mol. The van der Waals surface area contributed by atoms with Crippen LogP contribution in [0.3, 0.4) is 0 Å². The lowest BCUT2D eigenvalue weighted by Crippen LogP contribution is -2.61. The number of likely N-dealkylation sites (N-methyl/N-ethyl adjacent to an activating group) is 1. The van der Waals surface area contributed by atoms with Crippen molar-refractivity contribution in [1.29, 1.82) is 0 Å². The number of hydrogen-bond acceptors (Lipinski definition) is 11. The molecule has 1 spiro atoms. The summed E-state index contributed by atoms with van der Waals surface area (Å²) in [5.74, 6) is 2.90. The molecule has 1 saturated carbocycles. The summed E-state index contributed by atoms with van der Waals surface area (Å²) in [6, 6.07) is 16.8. The zero-order valence-corrected chi connectivity index (χ0v) is 43.9. The molecule has 4 aromatic rings.